The number of ether oxygens (including phenoxy) is 1. The van der Waals surface area contributed by atoms with Crippen LogP contribution in [-0.4, -0.2) is 148 Å². The third-order valence-electron chi connectivity index (χ3n) is 9.52. The van der Waals surface area contributed by atoms with Crippen molar-refractivity contribution in [1.29, 1.82) is 0 Å². The molecule has 1 amide bonds. The van der Waals surface area contributed by atoms with E-state index in [-0.39, 0.29) is 43.9 Å². The van der Waals surface area contributed by atoms with Crippen molar-refractivity contribution in [2.75, 3.05) is 78.7 Å². The number of hydrazine groups is 1. The molecule has 6 atom stereocenters. The Hall–Kier alpha value is -0.970. The van der Waals surface area contributed by atoms with Gasteiger partial charge in [-0.2, -0.15) is 9.31 Å². The Balaban J connectivity index is 1.12. The topological polar surface area (TPSA) is 132 Å². The number of fused-ring (bicyclic) bond motifs is 2. The van der Waals surface area contributed by atoms with Gasteiger partial charge >= 0.3 is 0 Å². The normalized spacial score (nSPS) is 39.9. The first-order valence-electron chi connectivity index (χ1n) is 13.9. The highest BCUT2D eigenvalue weighted by molar-refractivity contribution is 7.89. The molecule has 0 aromatic heterocycles. The molecule has 12 nitrogen and oxygen atoms in total. The summed E-state index contributed by atoms with van der Waals surface area (Å²) >= 11 is 0. The Kier molecular flexibility index (Phi) is 7.25. The number of quaternary nitrogens is 1. The van der Waals surface area contributed by atoms with Crippen LogP contribution >= 0.6 is 0 Å². The minimum absolute atomic E-state index is 0.0703. The van der Waals surface area contributed by atoms with Crippen molar-refractivity contribution in [2.45, 2.75) is 55.1 Å². The van der Waals surface area contributed by atoms with E-state index < -0.39 is 33.5 Å². The van der Waals surface area contributed by atoms with Gasteiger partial charge in [0.1, 0.15) is 17.7 Å². The predicted octanol–water partition coefficient (Wildman–Crippen LogP) is -2.81. The van der Waals surface area contributed by atoms with Gasteiger partial charge in [0.2, 0.25) is 15.9 Å². The van der Waals surface area contributed by atoms with Crippen LogP contribution in [0.1, 0.15) is 19.3 Å². The standard InChI is InChI=1S/C23H41FN8O4S/c24-16-12-31-23(32(13-16)9-1-2-10-32)20(21(25)28-31)22(33)27-18-11-26-4-3-19(18)29-5-7-30(8-6-29)37(34,35)17-14-36-15-17/h16-21,23,26,28H,1-15,25H2/p+1. The van der Waals surface area contributed by atoms with E-state index in [1.165, 1.54) is 0 Å². The zero-order valence-corrected chi connectivity index (χ0v) is 22.2. The Labute approximate surface area is 218 Å². The molecule has 0 radical (unpaired) electrons. The lowest BCUT2D eigenvalue weighted by Crippen LogP contribution is -2.70. The highest BCUT2D eigenvalue weighted by Gasteiger charge is 2.60. The number of nitrogens with zero attached hydrogens (tertiary/aromatic N) is 4. The third-order valence-corrected chi connectivity index (χ3v) is 11.7. The molecule has 0 saturated carbocycles. The lowest BCUT2D eigenvalue weighted by atomic mass is 9.94. The summed E-state index contributed by atoms with van der Waals surface area (Å²) in [4.78, 5) is 16.1. The molecule has 0 aliphatic carbocycles. The number of rotatable bonds is 5. The first-order chi connectivity index (χ1) is 17.8. The number of nitrogens with two attached hydrogens (primary N) is 1. The van der Waals surface area contributed by atoms with E-state index in [2.05, 4.69) is 21.0 Å². The number of nitrogens with one attached hydrogen (secondary N) is 3. The Bertz CT molecular complexity index is 956. The van der Waals surface area contributed by atoms with Crippen molar-refractivity contribution in [3.63, 3.8) is 0 Å². The third kappa shape index (κ3) is 4.72. The average molecular weight is 546 g/mol. The number of hydrogen-bond acceptors (Lipinski definition) is 9. The molecule has 6 saturated heterocycles. The van der Waals surface area contributed by atoms with E-state index in [1.54, 1.807) is 4.31 Å². The van der Waals surface area contributed by atoms with Crippen molar-refractivity contribution in [3.05, 3.63) is 0 Å². The van der Waals surface area contributed by atoms with Gasteiger partial charge in [-0.25, -0.2) is 18.2 Å². The van der Waals surface area contributed by atoms with Crippen LogP contribution in [0.4, 0.5) is 4.39 Å². The van der Waals surface area contributed by atoms with Crippen LogP contribution in [0.3, 0.4) is 0 Å². The maximum absolute atomic E-state index is 14.7. The quantitative estimate of drug-likeness (QED) is 0.270. The largest absolute Gasteiger partial charge is 0.378 e. The summed E-state index contributed by atoms with van der Waals surface area (Å²) in [5.74, 6) is -0.529. The summed E-state index contributed by atoms with van der Waals surface area (Å²) in [6.45, 7) is 6.76. The van der Waals surface area contributed by atoms with Gasteiger partial charge in [-0.3, -0.25) is 9.69 Å². The SMILES string of the molecule is NC1NN2CC(F)C[N+]3(CCCC3)C2C1C(=O)NC1CNCCC1N1CCN(S(=O)(=O)C2COC2)CC1. The Morgan fingerprint density at radius 2 is 1.86 bits per heavy atom. The molecule has 1 spiro atoms. The number of piperidine rings is 1. The second-order valence-corrected chi connectivity index (χ2v) is 13.9. The monoisotopic (exact) mass is 545 g/mol. The molecule has 6 heterocycles. The molecular formula is C23H42FN8O4S+. The summed E-state index contributed by atoms with van der Waals surface area (Å²) in [6.07, 6.45) is 1.34. The van der Waals surface area contributed by atoms with Gasteiger partial charge in [0, 0.05) is 51.6 Å². The maximum atomic E-state index is 14.7. The van der Waals surface area contributed by atoms with Crippen LogP contribution in [-0.2, 0) is 19.6 Å². The fraction of sp³-hybridized carbons (Fsp3) is 0.957. The van der Waals surface area contributed by atoms with Crippen LogP contribution < -0.4 is 21.8 Å². The molecule has 6 rings (SSSR count). The molecule has 14 heteroatoms. The molecule has 6 fully saturated rings. The lowest BCUT2D eigenvalue weighted by Gasteiger charge is -2.49. The van der Waals surface area contributed by atoms with E-state index in [9.17, 15) is 17.6 Å². The van der Waals surface area contributed by atoms with E-state index in [1.807, 2.05) is 5.01 Å². The summed E-state index contributed by atoms with van der Waals surface area (Å²) in [6, 6.07) is 0.0236. The second kappa shape index (κ2) is 10.2. The predicted molar refractivity (Wildman–Crippen MR) is 134 cm³/mol. The maximum Gasteiger partial charge on any atom is 0.234 e. The van der Waals surface area contributed by atoms with Crippen molar-refractivity contribution < 1.29 is 26.8 Å². The molecule has 6 aliphatic rings. The van der Waals surface area contributed by atoms with Crippen LogP contribution in [0, 0.1) is 5.92 Å². The van der Waals surface area contributed by atoms with Gasteiger partial charge in [0.05, 0.1) is 45.1 Å². The molecule has 6 aliphatic heterocycles. The summed E-state index contributed by atoms with van der Waals surface area (Å²) < 4.78 is 47.6. The van der Waals surface area contributed by atoms with Gasteiger partial charge in [0.25, 0.3) is 0 Å². The minimum Gasteiger partial charge on any atom is -0.378 e. The highest BCUT2D eigenvalue weighted by atomic mass is 32.2. The number of piperazine rings is 1. The number of alkyl halides is 1. The molecule has 0 aromatic rings. The lowest BCUT2D eigenvalue weighted by molar-refractivity contribution is -0.960. The van der Waals surface area contributed by atoms with Gasteiger partial charge < -0.3 is 25.6 Å². The van der Waals surface area contributed by atoms with Gasteiger partial charge in [-0.15, -0.1) is 0 Å². The minimum atomic E-state index is -3.31. The summed E-state index contributed by atoms with van der Waals surface area (Å²) in [5.41, 5.74) is 9.69. The molecule has 5 N–H and O–H groups in total. The van der Waals surface area contributed by atoms with Crippen molar-refractivity contribution >= 4 is 15.9 Å². The molecular weight excluding hydrogens is 503 g/mol. The molecule has 6 unspecified atom stereocenters. The number of halogens is 1. The molecule has 37 heavy (non-hydrogen) atoms. The first kappa shape index (κ1) is 26.3. The number of hydrogen-bond donors (Lipinski definition) is 4. The number of amides is 1. The Morgan fingerprint density at radius 3 is 2.54 bits per heavy atom. The smallest absolute Gasteiger partial charge is 0.234 e. The van der Waals surface area contributed by atoms with Crippen LogP contribution in [0.2, 0.25) is 0 Å². The van der Waals surface area contributed by atoms with Gasteiger partial charge in [-0.05, 0) is 13.0 Å². The Morgan fingerprint density at radius 1 is 1.14 bits per heavy atom. The first-order valence-corrected chi connectivity index (χ1v) is 15.4. The highest BCUT2D eigenvalue weighted by Crippen LogP contribution is 2.38. The van der Waals surface area contributed by atoms with Crippen LogP contribution in [0.25, 0.3) is 0 Å². The van der Waals surface area contributed by atoms with E-state index in [0.717, 1.165) is 38.9 Å². The number of sulfonamides is 1. The van der Waals surface area contributed by atoms with Crippen molar-refractivity contribution in [1.82, 2.24) is 30.3 Å². The molecule has 210 valence electrons. The van der Waals surface area contributed by atoms with Crippen molar-refractivity contribution in [3.8, 4) is 0 Å². The summed E-state index contributed by atoms with van der Waals surface area (Å²) in [7, 11) is -3.31. The zero-order chi connectivity index (χ0) is 25.8. The van der Waals surface area contributed by atoms with E-state index in [4.69, 9.17) is 10.5 Å². The van der Waals surface area contributed by atoms with Gasteiger partial charge in [-0.1, -0.05) is 0 Å². The number of carbonyl (C=O) groups excluding carboxylic acids is 1. The fourth-order valence-electron chi connectivity index (χ4n) is 7.60. The number of carbonyl (C=O) groups is 1. The average Bonchev–Trinajstić information content (AvgIpc) is 3.42. The molecule has 0 aromatic carbocycles. The van der Waals surface area contributed by atoms with Crippen LogP contribution in [0.5, 0.6) is 0 Å². The second-order valence-electron chi connectivity index (χ2n) is 11.7. The fourth-order valence-corrected chi connectivity index (χ4v) is 9.23. The summed E-state index contributed by atoms with van der Waals surface area (Å²) in [5, 5.41) is 8.22. The van der Waals surface area contributed by atoms with E-state index >= 15 is 0 Å². The van der Waals surface area contributed by atoms with Crippen molar-refractivity contribution in [2.24, 2.45) is 11.7 Å². The molecule has 0 bridgehead atoms. The van der Waals surface area contributed by atoms with E-state index in [0.29, 0.717) is 43.8 Å². The van der Waals surface area contributed by atoms with Gasteiger partial charge in [0.15, 0.2) is 12.3 Å². The zero-order valence-electron chi connectivity index (χ0n) is 21.4. The van der Waals surface area contributed by atoms with Crippen LogP contribution in [0.15, 0.2) is 0 Å².